The van der Waals surface area contributed by atoms with Crippen molar-refractivity contribution < 1.29 is 23.2 Å². The van der Waals surface area contributed by atoms with Gasteiger partial charge in [0.2, 0.25) is 5.91 Å². The van der Waals surface area contributed by atoms with Crippen molar-refractivity contribution in [2.24, 2.45) is 0 Å². The number of hydrogen-bond acceptors (Lipinski definition) is 4. The number of carbonyl (C=O) groups excluding carboxylic acids is 3. The van der Waals surface area contributed by atoms with Crippen molar-refractivity contribution in [1.29, 1.82) is 0 Å². The summed E-state index contributed by atoms with van der Waals surface area (Å²) in [5.74, 6) is -2.21. The van der Waals surface area contributed by atoms with Gasteiger partial charge in [0.1, 0.15) is 18.2 Å². The predicted molar refractivity (Wildman–Crippen MR) is 155 cm³/mol. The fourth-order valence-corrected chi connectivity index (χ4v) is 4.51. The SMILES string of the molecule is CC(C)(C)NC(=O)N1CCN(c2ccc(NC(=O)CN(Cc3ccc(F)cc3)C(=O)c3ccccc3F)cc2)CC1. The maximum Gasteiger partial charge on any atom is 0.317 e. The smallest absolute Gasteiger partial charge is 0.317 e. The molecular formula is C31H35F2N5O3. The third-order valence-electron chi connectivity index (χ3n) is 6.58. The number of urea groups is 1. The lowest BCUT2D eigenvalue weighted by Crippen LogP contribution is -2.55. The van der Waals surface area contributed by atoms with Crippen molar-refractivity contribution in [2.75, 3.05) is 42.9 Å². The summed E-state index contributed by atoms with van der Waals surface area (Å²) in [4.78, 5) is 43.8. The molecule has 0 aromatic heterocycles. The molecule has 1 fully saturated rings. The number of carbonyl (C=O) groups is 3. The van der Waals surface area contributed by atoms with Crippen LogP contribution in [0.15, 0.2) is 72.8 Å². The van der Waals surface area contributed by atoms with Crippen molar-refractivity contribution in [3.8, 4) is 0 Å². The van der Waals surface area contributed by atoms with E-state index in [0.29, 0.717) is 37.4 Å². The molecule has 1 heterocycles. The zero-order valence-electron chi connectivity index (χ0n) is 23.5. The number of rotatable bonds is 7. The lowest BCUT2D eigenvalue weighted by molar-refractivity contribution is -0.117. The summed E-state index contributed by atoms with van der Waals surface area (Å²) in [5, 5.41) is 5.78. The van der Waals surface area contributed by atoms with Crippen molar-refractivity contribution in [1.82, 2.24) is 15.1 Å². The quantitative estimate of drug-likeness (QED) is 0.430. The van der Waals surface area contributed by atoms with Gasteiger partial charge >= 0.3 is 6.03 Å². The normalized spacial score (nSPS) is 13.5. The molecule has 4 rings (SSSR count). The summed E-state index contributed by atoms with van der Waals surface area (Å²) in [7, 11) is 0. The maximum atomic E-state index is 14.4. The lowest BCUT2D eigenvalue weighted by atomic mass is 10.1. The molecule has 10 heteroatoms. The minimum absolute atomic E-state index is 0.000438. The molecule has 0 radical (unpaired) electrons. The van der Waals surface area contributed by atoms with Gasteiger partial charge in [0.15, 0.2) is 0 Å². The van der Waals surface area contributed by atoms with Gasteiger partial charge in [0, 0.05) is 49.6 Å². The number of nitrogens with zero attached hydrogens (tertiary/aromatic N) is 3. The molecule has 0 bridgehead atoms. The van der Waals surface area contributed by atoms with E-state index in [1.165, 1.54) is 47.4 Å². The van der Waals surface area contributed by atoms with E-state index in [9.17, 15) is 23.2 Å². The molecule has 0 aliphatic carbocycles. The Morgan fingerprint density at radius 2 is 1.49 bits per heavy atom. The van der Waals surface area contributed by atoms with Gasteiger partial charge in [-0.2, -0.15) is 0 Å². The average molecular weight is 564 g/mol. The Labute approximate surface area is 238 Å². The lowest BCUT2D eigenvalue weighted by Gasteiger charge is -2.37. The van der Waals surface area contributed by atoms with Gasteiger partial charge in [0.05, 0.1) is 5.56 Å². The number of hydrogen-bond donors (Lipinski definition) is 2. The zero-order valence-corrected chi connectivity index (χ0v) is 23.5. The molecular weight excluding hydrogens is 528 g/mol. The second-order valence-electron chi connectivity index (χ2n) is 11.0. The monoisotopic (exact) mass is 563 g/mol. The van der Waals surface area contributed by atoms with Crippen LogP contribution in [-0.2, 0) is 11.3 Å². The number of piperazine rings is 1. The van der Waals surface area contributed by atoms with E-state index >= 15 is 0 Å². The molecule has 0 unspecified atom stereocenters. The van der Waals surface area contributed by atoms with Crippen LogP contribution >= 0.6 is 0 Å². The Bertz CT molecular complexity index is 1370. The molecule has 216 valence electrons. The molecule has 4 amide bonds. The number of anilines is 2. The van der Waals surface area contributed by atoms with Crippen molar-refractivity contribution >= 4 is 29.2 Å². The highest BCUT2D eigenvalue weighted by Crippen LogP contribution is 2.20. The summed E-state index contributed by atoms with van der Waals surface area (Å²) in [6.07, 6.45) is 0. The molecule has 2 N–H and O–H groups in total. The van der Waals surface area contributed by atoms with Crippen LogP contribution in [0.1, 0.15) is 36.7 Å². The Morgan fingerprint density at radius 3 is 2.10 bits per heavy atom. The topological polar surface area (TPSA) is 85.0 Å². The number of amides is 4. The molecule has 3 aromatic carbocycles. The summed E-state index contributed by atoms with van der Waals surface area (Å²) < 4.78 is 27.8. The largest absolute Gasteiger partial charge is 0.368 e. The predicted octanol–water partition coefficient (Wildman–Crippen LogP) is 4.88. The Balaban J connectivity index is 1.37. The highest BCUT2D eigenvalue weighted by molar-refractivity contribution is 5.99. The van der Waals surface area contributed by atoms with Crippen LogP contribution < -0.4 is 15.5 Å². The Hall–Kier alpha value is -4.47. The summed E-state index contributed by atoms with van der Waals surface area (Å²) in [6, 6.07) is 18.4. The molecule has 1 aliphatic heterocycles. The molecule has 41 heavy (non-hydrogen) atoms. The van der Waals surface area contributed by atoms with E-state index in [2.05, 4.69) is 15.5 Å². The van der Waals surface area contributed by atoms with E-state index in [1.54, 1.807) is 23.1 Å². The van der Waals surface area contributed by atoms with Crippen molar-refractivity contribution in [3.63, 3.8) is 0 Å². The zero-order chi connectivity index (χ0) is 29.6. The van der Waals surface area contributed by atoms with Crippen LogP contribution in [0.3, 0.4) is 0 Å². The van der Waals surface area contributed by atoms with Crippen LogP contribution in [0.2, 0.25) is 0 Å². The van der Waals surface area contributed by atoms with Crippen LogP contribution in [0.25, 0.3) is 0 Å². The van der Waals surface area contributed by atoms with Gasteiger partial charge in [0.25, 0.3) is 5.91 Å². The third-order valence-corrected chi connectivity index (χ3v) is 6.58. The first-order valence-electron chi connectivity index (χ1n) is 13.5. The first-order valence-corrected chi connectivity index (χ1v) is 13.5. The summed E-state index contributed by atoms with van der Waals surface area (Å²) in [5.41, 5.74) is 1.66. The van der Waals surface area contributed by atoms with E-state index in [4.69, 9.17) is 0 Å². The molecule has 3 aromatic rings. The number of nitrogens with one attached hydrogen (secondary N) is 2. The van der Waals surface area contributed by atoms with Gasteiger partial charge in [-0.05, 0) is 74.9 Å². The van der Waals surface area contributed by atoms with E-state index < -0.39 is 23.4 Å². The Morgan fingerprint density at radius 1 is 0.854 bits per heavy atom. The molecule has 1 saturated heterocycles. The van der Waals surface area contributed by atoms with Crippen molar-refractivity contribution in [3.05, 3.63) is 95.6 Å². The van der Waals surface area contributed by atoms with Crippen LogP contribution in [0.4, 0.5) is 25.0 Å². The van der Waals surface area contributed by atoms with Gasteiger partial charge in [-0.15, -0.1) is 0 Å². The second-order valence-corrected chi connectivity index (χ2v) is 11.0. The minimum atomic E-state index is -0.687. The highest BCUT2D eigenvalue weighted by atomic mass is 19.1. The molecule has 1 aliphatic rings. The Kier molecular flexibility index (Phi) is 9.21. The summed E-state index contributed by atoms with van der Waals surface area (Å²) in [6.45, 7) is 8.08. The van der Waals surface area contributed by atoms with Gasteiger partial charge in [-0.3, -0.25) is 9.59 Å². The van der Waals surface area contributed by atoms with Crippen LogP contribution in [-0.4, -0.2) is 65.9 Å². The maximum absolute atomic E-state index is 14.4. The number of halogens is 2. The summed E-state index contributed by atoms with van der Waals surface area (Å²) >= 11 is 0. The van der Waals surface area contributed by atoms with Crippen molar-refractivity contribution in [2.45, 2.75) is 32.9 Å². The van der Waals surface area contributed by atoms with Gasteiger partial charge < -0.3 is 25.3 Å². The van der Waals surface area contributed by atoms with E-state index in [-0.39, 0.29) is 30.2 Å². The first kappa shape index (κ1) is 29.5. The fourth-order valence-electron chi connectivity index (χ4n) is 4.51. The fraction of sp³-hybridized carbons (Fsp3) is 0.323. The second kappa shape index (κ2) is 12.8. The molecule has 0 atom stereocenters. The standard InChI is InChI=1S/C31H35F2N5O3/c1-31(2,3)35-30(41)37-18-16-36(17-19-37)25-14-12-24(13-15-25)34-28(39)21-38(20-22-8-10-23(32)11-9-22)29(40)26-6-4-5-7-27(26)33/h4-15H,16-21H2,1-3H3,(H,34,39)(H,35,41). The van der Waals surface area contributed by atoms with E-state index in [1.807, 2.05) is 32.9 Å². The minimum Gasteiger partial charge on any atom is -0.368 e. The number of benzene rings is 3. The average Bonchev–Trinajstić information content (AvgIpc) is 2.93. The van der Waals surface area contributed by atoms with Gasteiger partial charge in [-0.1, -0.05) is 24.3 Å². The van der Waals surface area contributed by atoms with E-state index in [0.717, 1.165) is 5.69 Å². The highest BCUT2D eigenvalue weighted by Gasteiger charge is 2.25. The van der Waals surface area contributed by atoms with Crippen LogP contribution in [0, 0.1) is 11.6 Å². The molecule has 0 spiro atoms. The molecule has 8 nitrogen and oxygen atoms in total. The third kappa shape index (κ3) is 8.26. The molecule has 0 saturated carbocycles. The van der Waals surface area contributed by atoms with Gasteiger partial charge in [-0.25, -0.2) is 13.6 Å². The van der Waals surface area contributed by atoms with Crippen LogP contribution in [0.5, 0.6) is 0 Å². The first-order chi connectivity index (χ1) is 19.5.